The van der Waals surface area contributed by atoms with Gasteiger partial charge in [-0.2, -0.15) is 5.26 Å². The number of imidazole rings is 1. The van der Waals surface area contributed by atoms with Gasteiger partial charge < -0.3 is 9.98 Å². The smallest absolute Gasteiger partial charge is 0.761 e. The second-order valence-corrected chi connectivity index (χ2v) is 8.78. The third-order valence-electron chi connectivity index (χ3n) is 6.44. The summed E-state index contributed by atoms with van der Waals surface area (Å²) in [5.41, 5.74) is 1.99. The number of benzene rings is 3. The van der Waals surface area contributed by atoms with E-state index in [0.29, 0.717) is 5.48 Å². The zero-order valence-electron chi connectivity index (χ0n) is 21.3. The van der Waals surface area contributed by atoms with Gasteiger partial charge in [0.2, 0.25) is 0 Å². The zero-order chi connectivity index (χ0) is 26.3. The summed E-state index contributed by atoms with van der Waals surface area (Å²) in [6.45, 7) is 0. The minimum atomic E-state index is 0. The molecule has 5 heteroatoms. The fraction of sp³-hybridized carbons (Fsp3) is 0.0294. The van der Waals surface area contributed by atoms with Crippen molar-refractivity contribution in [3.63, 3.8) is 0 Å². The number of rotatable bonds is 0. The van der Waals surface area contributed by atoms with Crippen LogP contribution in [0.4, 0.5) is 0 Å². The maximum Gasteiger partial charge on any atom is 2.00 e. The number of allylic oxidation sites excluding steroid dienone is 6. The van der Waals surface area contributed by atoms with E-state index >= 15 is 0 Å². The van der Waals surface area contributed by atoms with Crippen LogP contribution in [0.25, 0.3) is 11.0 Å². The van der Waals surface area contributed by atoms with Crippen LogP contribution in [-0.2, 0) is 24.1 Å². The van der Waals surface area contributed by atoms with Gasteiger partial charge in [0.05, 0.1) is 5.35 Å². The van der Waals surface area contributed by atoms with Crippen LogP contribution in [0.1, 0.15) is 5.69 Å². The Morgan fingerprint density at radius 2 is 1.23 bits per heavy atom. The average molecular weight is 544 g/mol. The molecule has 39 heavy (non-hydrogen) atoms. The van der Waals surface area contributed by atoms with Gasteiger partial charge in [0, 0.05) is 12.3 Å². The van der Waals surface area contributed by atoms with Gasteiger partial charge in [-0.25, -0.2) is 29.4 Å². The fourth-order valence-electron chi connectivity index (χ4n) is 4.37. The predicted molar refractivity (Wildman–Crippen MR) is 151 cm³/mol. The maximum absolute atomic E-state index is 9.28. The summed E-state index contributed by atoms with van der Waals surface area (Å²) >= 11 is 0. The molecular formula is C34H24FeN4. The number of nitrogens with zero attached hydrogens (tertiary/aromatic N) is 4. The Hall–Kier alpha value is -4.58. The molecule has 0 N–H and O–H groups in total. The van der Waals surface area contributed by atoms with E-state index in [4.69, 9.17) is 0 Å². The Bertz CT molecular complexity index is 2000. The van der Waals surface area contributed by atoms with Gasteiger partial charge in [-0.1, -0.05) is 97.1 Å². The minimum absolute atomic E-state index is 0. The minimum Gasteiger partial charge on any atom is -0.761 e. The van der Waals surface area contributed by atoms with Crippen molar-refractivity contribution in [2.75, 3.05) is 0 Å². The van der Waals surface area contributed by atoms with Gasteiger partial charge in [0.1, 0.15) is 11.5 Å². The van der Waals surface area contributed by atoms with E-state index in [-0.39, 0.29) is 28.1 Å². The van der Waals surface area contributed by atoms with E-state index in [1.807, 2.05) is 67.6 Å². The van der Waals surface area contributed by atoms with Crippen LogP contribution in [0.5, 0.6) is 0 Å². The first-order valence-corrected chi connectivity index (χ1v) is 12.2. The predicted octanol–water partition coefficient (Wildman–Crippen LogP) is 4.51. The first-order chi connectivity index (χ1) is 18.7. The molecule has 4 nitrogen and oxygen atoms in total. The Kier molecular flexibility index (Phi) is 9.00. The van der Waals surface area contributed by atoms with Crippen molar-refractivity contribution in [2.45, 2.75) is 0 Å². The van der Waals surface area contributed by atoms with Crippen LogP contribution in [0.2, 0.25) is 0 Å². The third-order valence-corrected chi connectivity index (χ3v) is 6.44. The molecule has 6 rings (SSSR count). The number of aromatic nitrogens is 2. The summed E-state index contributed by atoms with van der Waals surface area (Å²) in [6.07, 6.45) is 18.3. The molecule has 2 aliphatic carbocycles. The second-order valence-electron chi connectivity index (χ2n) is 8.78. The molecule has 0 fully saturated rings. The molecule has 4 aromatic rings. The molecule has 0 atom stereocenters. The summed E-state index contributed by atoms with van der Waals surface area (Å²) < 4.78 is 1.66. The first kappa shape index (κ1) is 27.5. The topological polar surface area (TPSA) is 63.9 Å². The van der Waals surface area contributed by atoms with Gasteiger partial charge in [-0.3, -0.25) is 0 Å². The molecule has 2 aliphatic rings. The molecule has 1 heterocycles. The van der Waals surface area contributed by atoms with E-state index in [0.717, 1.165) is 15.7 Å². The van der Waals surface area contributed by atoms with E-state index in [1.165, 1.54) is 21.2 Å². The van der Waals surface area contributed by atoms with Crippen LogP contribution in [-0.4, -0.2) is 15.4 Å². The Morgan fingerprint density at radius 1 is 0.744 bits per heavy atom. The molecule has 0 spiro atoms. The Morgan fingerprint density at radius 3 is 1.59 bits per heavy atom. The largest absolute Gasteiger partial charge is 2.00 e. The van der Waals surface area contributed by atoms with Gasteiger partial charge in [-0.05, 0) is 31.7 Å². The molecule has 0 aliphatic heterocycles. The van der Waals surface area contributed by atoms with Crippen LogP contribution in [0, 0.1) is 62.2 Å². The maximum atomic E-state index is 9.28. The van der Waals surface area contributed by atoms with E-state index in [9.17, 15) is 10.7 Å². The zero-order valence-corrected chi connectivity index (χ0v) is 22.4. The average Bonchev–Trinajstić information content (AvgIpc) is 3.77. The molecule has 0 saturated carbocycles. The SMILES string of the molecule is Cn1c(=c2ccc(=c3ccc(=c4ccc(=C5C=CC=C5)cc4)cc3)cc2)nc(C#N)c1=C=[N-].[CH]1[CH][CH-]C=C1.[Fe+2]. The summed E-state index contributed by atoms with van der Waals surface area (Å²) in [5.74, 6) is 2.05. The van der Waals surface area contributed by atoms with Crippen molar-refractivity contribution in [2.24, 2.45) is 7.05 Å². The molecule has 188 valence electrons. The quantitative estimate of drug-likeness (QED) is 0.186. The third kappa shape index (κ3) is 6.12. The van der Waals surface area contributed by atoms with Crippen LogP contribution < -0.4 is 10.6 Å². The second kappa shape index (κ2) is 12.8. The number of nitriles is 1. The Balaban J connectivity index is 0.000000530. The van der Waals surface area contributed by atoms with Crippen LogP contribution in [0.15, 0.2) is 109 Å². The van der Waals surface area contributed by atoms with Crippen LogP contribution in [0.3, 0.4) is 0 Å². The molecule has 1 aromatic heterocycles. The van der Waals surface area contributed by atoms with Crippen molar-refractivity contribution >= 4 is 11.4 Å². The summed E-state index contributed by atoms with van der Waals surface area (Å²) in [7, 11) is 1.75. The van der Waals surface area contributed by atoms with Crippen LogP contribution >= 0.6 is 0 Å². The van der Waals surface area contributed by atoms with E-state index in [2.05, 4.69) is 77.8 Å². The van der Waals surface area contributed by atoms with Crippen molar-refractivity contribution < 1.29 is 17.1 Å². The number of hydrogen-bond donors (Lipinski definition) is 0. The fourth-order valence-corrected chi connectivity index (χ4v) is 4.37. The molecule has 0 bridgehead atoms. The molecule has 0 amide bonds. The number of hydrogen-bond acceptors (Lipinski definition) is 2. The van der Waals surface area contributed by atoms with Gasteiger partial charge in [0.25, 0.3) is 0 Å². The first-order valence-electron chi connectivity index (χ1n) is 12.2. The normalized spacial score (nSPS) is 12.7. The molecule has 0 saturated heterocycles. The standard InChI is InChI=1S/C29H19N4.C5H5.Fe/c1-33-28(19-31)27(18-30)32-29(33)26-16-14-25(15-17-26)24-12-10-23(11-13-24)22-8-6-21(7-9-22)20-4-2-3-5-20;1-2-4-5-3-1;/h2-17H,1H3;1-5H;/q2*-1;+2. The van der Waals surface area contributed by atoms with Gasteiger partial charge >= 0.3 is 17.1 Å². The van der Waals surface area contributed by atoms with Crippen molar-refractivity contribution in [1.29, 1.82) is 5.26 Å². The Labute approximate surface area is 237 Å². The van der Waals surface area contributed by atoms with Crippen molar-refractivity contribution in [3.05, 3.63) is 182 Å². The summed E-state index contributed by atoms with van der Waals surface area (Å²) in [5, 5.41) is 25.4. The van der Waals surface area contributed by atoms with Crippen molar-refractivity contribution in [3.8, 4) is 6.07 Å². The van der Waals surface area contributed by atoms with Crippen molar-refractivity contribution in [1.82, 2.24) is 9.55 Å². The molecule has 2 radical (unpaired) electrons. The monoisotopic (exact) mass is 544 g/mol. The summed E-state index contributed by atoms with van der Waals surface area (Å²) in [6, 6.07) is 27.1. The van der Waals surface area contributed by atoms with E-state index < -0.39 is 0 Å². The van der Waals surface area contributed by atoms with Gasteiger partial charge in [-0.15, -0.1) is 12.8 Å². The van der Waals surface area contributed by atoms with Gasteiger partial charge in [0.15, 0.2) is 5.69 Å². The molecular weight excluding hydrogens is 520 g/mol. The van der Waals surface area contributed by atoms with E-state index in [1.54, 1.807) is 11.6 Å². The molecule has 0 unspecified atom stereocenters. The summed E-state index contributed by atoms with van der Waals surface area (Å²) in [4.78, 5) is 4.32. The molecule has 3 aromatic carbocycles.